The van der Waals surface area contributed by atoms with Gasteiger partial charge in [0.2, 0.25) is 0 Å². The number of nitrogens with one attached hydrogen (secondary N) is 1. The van der Waals surface area contributed by atoms with E-state index in [1.807, 2.05) is 13.8 Å². The molecule has 6 nitrogen and oxygen atoms in total. The Bertz CT molecular complexity index is 771. The van der Waals surface area contributed by atoms with E-state index in [4.69, 9.17) is 16.3 Å². The average molecular weight is 322 g/mol. The maximum atomic E-state index is 11.8. The molecule has 0 unspecified atom stereocenters. The van der Waals surface area contributed by atoms with Gasteiger partial charge < -0.3 is 4.74 Å². The number of H-pyrrole nitrogens is 1. The molecule has 0 fully saturated rings. The summed E-state index contributed by atoms with van der Waals surface area (Å²) in [5, 5.41) is 6.10. The van der Waals surface area contributed by atoms with Gasteiger partial charge in [0, 0.05) is 11.3 Å². The summed E-state index contributed by atoms with van der Waals surface area (Å²) in [6, 6.07) is 1.59. The lowest BCUT2D eigenvalue weighted by molar-refractivity contribution is 0.0594. The van der Waals surface area contributed by atoms with Gasteiger partial charge in [-0.05, 0) is 30.0 Å². The molecule has 0 amide bonds. The molecule has 0 aliphatic heterocycles. The smallest absolute Gasteiger partial charge is 0.356 e. The number of nitrogens with zero attached hydrogens (tertiary/aromatic N) is 2. The Balaban J connectivity index is 2.80. The third kappa shape index (κ3) is 2.87. The van der Waals surface area contributed by atoms with Crippen molar-refractivity contribution in [2.45, 2.75) is 26.7 Å². The van der Waals surface area contributed by atoms with Gasteiger partial charge in [-0.1, -0.05) is 25.4 Å². The summed E-state index contributed by atoms with van der Waals surface area (Å²) < 4.78 is 4.74. The number of hydrogen-bond acceptors (Lipinski definition) is 5. The minimum Gasteiger partial charge on any atom is -0.464 e. The van der Waals surface area contributed by atoms with E-state index >= 15 is 0 Å². The summed E-state index contributed by atoms with van der Waals surface area (Å²) in [5.41, 5.74) is 2.57. The van der Waals surface area contributed by atoms with Crippen molar-refractivity contribution in [3.05, 3.63) is 44.6 Å². The first-order chi connectivity index (χ1) is 10.5. The molecule has 2 heterocycles. The summed E-state index contributed by atoms with van der Waals surface area (Å²) >= 11 is 6.10. The van der Waals surface area contributed by atoms with Crippen LogP contribution in [0, 0.1) is 0 Å². The molecule has 0 saturated heterocycles. The molecule has 0 aromatic carbocycles. The van der Waals surface area contributed by atoms with E-state index in [1.165, 1.54) is 13.3 Å². The molecule has 0 atom stereocenters. The van der Waals surface area contributed by atoms with Crippen molar-refractivity contribution in [1.82, 2.24) is 15.2 Å². The minimum absolute atomic E-state index is 0.0359. The van der Waals surface area contributed by atoms with E-state index < -0.39 is 11.5 Å². The Morgan fingerprint density at radius 1 is 1.32 bits per heavy atom. The molecule has 0 spiro atoms. The van der Waals surface area contributed by atoms with Gasteiger partial charge in [-0.15, -0.1) is 0 Å². The minimum atomic E-state index is -0.535. The number of esters is 1. The molecule has 2 aromatic heterocycles. The molecule has 2 aromatic rings. The molecule has 0 bridgehead atoms. The van der Waals surface area contributed by atoms with Crippen LogP contribution >= 0.6 is 11.6 Å². The Morgan fingerprint density at radius 2 is 2.05 bits per heavy atom. The average Bonchev–Trinajstić information content (AvgIpc) is 2.55. The van der Waals surface area contributed by atoms with Crippen molar-refractivity contribution in [1.29, 1.82) is 0 Å². The Kier molecular flexibility index (Phi) is 4.92. The number of aromatic nitrogens is 3. The molecule has 0 radical (unpaired) electrons. The number of halogens is 1. The highest BCUT2D eigenvalue weighted by molar-refractivity contribution is 6.33. The van der Waals surface area contributed by atoms with E-state index in [0.29, 0.717) is 24.0 Å². The lowest BCUT2D eigenvalue weighted by atomic mass is 9.96. The van der Waals surface area contributed by atoms with Gasteiger partial charge >= 0.3 is 5.97 Å². The van der Waals surface area contributed by atoms with Crippen LogP contribution in [0.5, 0.6) is 0 Å². The largest absolute Gasteiger partial charge is 0.464 e. The molecule has 1 N–H and O–H groups in total. The summed E-state index contributed by atoms with van der Waals surface area (Å²) in [6.45, 7) is 3.93. The monoisotopic (exact) mass is 321 g/mol. The number of carbonyl (C=O) groups excluding carboxylic acids is 1. The first kappa shape index (κ1) is 16.2. The Labute approximate surface area is 132 Å². The quantitative estimate of drug-likeness (QED) is 0.874. The predicted molar refractivity (Wildman–Crippen MR) is 83.2 cm³/mol. The molecule has 0 aliphatic rings. The van der Waals surface area contributed by atoms with Gasteiger partial charge in [0.05, 0.1) is 13.3 Å². The summed E-state index contributed by atoms with van der Waals surface area (Å²) in [6.07, 6.45) is 2.81. The fraction of sp³-hybridized carbons (Fsp3) is 0.333. The highest BCUT2D eigenvalue weighted by atomic mass is 35.5. The zero-order chi connectivity index (χ0) is 16.3. The second kappa shape index (κ2) is 6.70. The fourth-order valence-electron chi connectivity index (χ4n) is 2.33. The zero-order valence-corrected chi connectivity index (χ0v) is 13.3. The molecule has 2 rings (SSSR count). The van der Waals surface area contributed by atoms with Crippen LogP contribution in [0.25, 0.3) is 11.1 Å². The van der Waals surface area contributed by atoms with E-state index in [0.717, 1.165) is 11.3 Å². The van der Waals surface area contributed by atoms with Crippen LogP contribution in [0.1, 0.15) is 35.6 Å². The number of pyridine rings is 1. The highest BCUT2D eigenvalue weighted by Crippen LogP contribution is 2.30. The summed E-state index contributed by atoms with van der Waals surface area (Å²) in [7, 11) is 1.30. The predicted octanol–water partition coefficient (Wildman–Crippen LogP) is 2.40. The number of aromatic amines is 1. The van der Waals surface area contributed by atoms with Crippen molar-refractivity contribution in [3.8, 4) is 11.1 Å². The maximum absolute atomic E-state index is 11.8. The van der Waals surface area contributed by atoms with Gasteiger partial charge in [-0.3, -0.25) is 4.79 Å². The van der Waals surface area contributed by atoms with Crippen LogP contribution in [0.15, 0.2) is 17.1 Å². The molecule has 116 valence electrons. The number of aryl methyl sites for hydroxylation is 1. The first-order valence-electron chi connectivity index (χ1n) is 6.88. The topological polar surface area (TPSA) is 84.9 Å². The van der Waals surface area contributed by atoms with E-state index in [9.17, 15) is 9.59 Å². The van der Waals surface area contributed by atoms with Crippen molar-refractivity contribution in [2.24, 2.45) is 0 Å². The van der Waals surface area contributed by atoms with Crippen LogP contribution in [0.2, 0.25) is 5.02 Å². The second-order valence-corrected chi connectivity index (χ2v) is 4.98. The number of hydrogen-bond donors (Lipinski definition) is 1. The van der Waals surface area contributed by atoms with Crippen LogP contribution < -0.4 is 5.56 Å². The van der Waals surface area contributed by atoms with Gasteiger partial charge in [-0.25, -0.2) is 14.9 Å². The highest BCUT2D eigenvalue weighted by Gasteiger charge is 2.19. The van der Waals surface area contributed by atoms with Crippen molar-refractivity contribution in [3.63, 3.8) is 0 Å². The molecule has 0 aliphatic carbocycles. The number of rotatable bonds is 4. The Hall–Kier alpha value is -2.21. The normalized spacial score (nSPS) is 10.5. The van der Waals surface area contributed by atoms with Crippen LogP contribution in [0.3, 0.4) is 0 Å². The summed E-state index contributed by atoms with van der Waals surface area (Å²) in [4.78, 5) is 27.8. The first-order valence-corrected chi connectivity index (χ1v) is 7.25. The summed E-state index contributed by atoms with van der Waals surface area (Å²) in [5.74, 6) is -0.535. The number of carbonyl (C=O) groups is 1. The van der Waals surface area contributed by atoms with E-state index in [2.05, 4.69) is 15.2 Å². The zero-order valence-electron chi connectivity index (χ0n) is 12.6. The van der Waals surface area contributed by atoms with E-state index in [1.54, 1.807) is 6.07 Å². The van der Waals surface area contributed by atoms with E-state index in [-0.39, 0.29) is 10.7 Å². The molecule has 7 heteroatoms. The third-order valence-corrected chi connectivity index (χ3v) is 3.75. The van der Waals surface area contributed by atoms with Gasteiger partial charge in [0.1, 0.15) is 10.7 Å². The van der Waals surface area contributed by atoms with Gasteiger partial charge in [0.25, 0.3) is 5.56 Å². The van der Waals surface area contributed by atoms with Gasteiger partial charge in [-0.2, -0.15) is 5.10 Å². The van der Waals surface area contributed by atoms with Gasteiger partial charge in [0.15, 0.2) is 0 Å². The maximum Gasteiger partial charge on any atom is 0.356 e. The fourth-order valence-corrected chi connectivity index (χ4v) is 2.52. The van der Waals surface area contributed by atoms with Crippen LogP contribution in [-0.2, 0) is 17.6 Å². The molecule has 22 heavy (non-hydrogen) atoms. The standard InChI is InChI=1S/C15H16ClN3O3/c1-4-8-9(10-7-17-19-14(20)13(10)16)6-12(15(21)22-3)18-11(8)5-2/h6-7H,4-5H2,1-3H3,(H,19,20). The van der Waals surface area contributed by atoms with Crippen LogP contribution in [0.4, 0.5) is 0 Å². The number of ether oxygens (including phenoxy) is 1. The Morgan fingerprint density at radius 3 is 2.64 bits per heavy atom. The van der Waals surface area contributed by atoms with Crippen molar-refractivity contribution in [2.75, 3.05) is 7.11 Å². The van der Waals surface area contributed by atoms with Crippen molar-refractivity contribution < 1.29 is 9.53 Å². The molecular formula is C15H16ClN3O3. The van der Waals surface area contributed by atoms with Crippen LogP contribution in [-0.4, -0.2) is 28.3 Å². The van der Waals surface area contributed by atoms with Crippen molar-refractivity contribution >= 4 is 17.6 Å². The SMILES string of the molecule is CCc1nc(C(=O)OC)cc(-c2cn[nH]c(=O)c2Cl)c1CC. The second-order valence-electron chi connectivity index (χ2n) is 4.61. The number of methoxy groups -OCH3 is 1. The molecular weight excluding hydrogens is 306 g/mol. The lowest BCUT2D eigenvalue weighted by Gasteiger charge is -2.14. The third-order valence-electron chi connectivity index (χ3n) is 3.38. The lowest BCUT2D eigenvalue weighted by Crippen LogP contribution is -2.12. The molecule has 0 saturated carbocycles.